The van der Waals surface area contributed by atoms with E-state index in [2.05, 4.69) is 22.7 Å². The molecule has 1 aromatic rings. The van der Waals surface area contributed by atoms with Crippen molar-refractivity contribution in [1.29, 1.82) is 0 Å². The van der Waals surface area contributed by atoms with E-state index in [4.69, 9.17) is 10.8 Å². The van der Waals surface area contributed by atoms with E-state index in [1.165, 1.54) is 12.1 Å². The average Bonchev–Trinajstić information content (AvgIpc) is 2.41. The summed E-state index contributed by atoms with van der Waals surface area (Å²) in [6, 6.07) is 7.59. The van der Waals surface area contributed by atoms with E-state index >= 15 is 0 Å². The molecule has 6 nitrogen and oxygen atoms in total. The van der Waals surface area contributed by atoms with Crippen molar-refractivity contribution >= 4 is 35.2 Å². The molecule has 124 valence electrons. The normalized spacial score (nSPS) is 18.2. The Morgan fingerprint density at radius 3 is 2.55 bits per heavy atom. The van der Waals surface area contributed by atoms with Gasteiger partial charge in [0.1, 0.15) is 0 Å². The molecule has 0 aromatic heterocycles. The molecule has 0 bridgehead atoms. The summed E-state index contributed by atoms with van der Waals surface area (Å²) < 4.78 is 26.0. The fraction of sp³-hybridized carbons (Fsp3) is 0.571. The highest BCUT2D eigenvalue weighted by atomic mass is 32.2. The summed E-state index contributed by atoms with van der Waals surface area (Å²) >= 11 is 0. The molecule has 0 radical (unpaired) electrons. The van der Waals surface area contributed by atoms with Crippen molar-refractivity contribution < 1.29 is 13.5 Å². The zero-order valence-corrected chi connectivity index (χ0v) is 15.0. The van der Waals surface area contributed by atoms with Crippen molar-refractivity contribution in [2.45, 2.75) is 25.2 Å². The van der Waals surface area contributed by atoms with Crippen LogP contribution in [0.15, 0.2) is 18.2 Å². The van der Waals surface area contributed by atoms with Gasteiger partial charge >= 0.3 is 0 Å². The van der Waals surface area contributed by atoms with E-state index in [9.17, 15) is 8.42 Å². The summed E-state index contributed by atoms with van der Waals surface area (Å²) in [5, 5.41) is 8.79. The predicted molar refractivity (Wildman–Crippen MR) is 94.7 cm³/mol. The van der Waals surface area contributed by atoms with Gasteiger partial charge in [-0.3, -0.25) is 4.72 Å². The van der Waals surface area contributed by atoms with Gasteiger partial charge < -0.3 is 15.7 Å². The minimum absolute atomic E-state index is 0.309. The molecule has 0 saturated carbocycles. The number of sulfonamides is 1. The first-order valence-corrected chi connectivity index (χ1v) is 12.5. The maximum absolute atomic E-state index is 11.7. The molecule has 0 amide bonds. The highest BCUT2D eigenvalue weighted by Crippen LogP contribution is 2.32. The van der Waals surface area contributed by atoms with E-state index in [0.29, 0.717) is 11.4 Å². The Bertz CT molecular complexity index is 624. The Balaban J connectivity index is 2.17. The summed E-state index contributed by atoms with van der Waals surface area (Å²) in [6.45, 7) is 6.33. The van der Waals surface area contributed by atoms with Crippen molar-refractivity contribution in [3.8, 4) is 0 Å². The minimum atomic E-state index is -3.52. The van der Waals surface area contributed by atoms with Crippen molar-refractivity contribution in [3.63, 3.8) is 0 Å². The molecule has 0 atom stereocenters. The Labute approximate surface area is 133 Å². The largest absolute Gasteiger partial charge is 0.397 e. The second kappa shape index (κ2) is 6.47. The van der Waals surface area contributed by atoms with Crippen LogP contribution in [0.5, 0.6) is 0 Å². The first-order chi connectivity index (χ1) is 10.2. The van der Waals surface area contributed by atoms with Crippen LogP contribution in [0.2, 0.25) is 25.2 Å². The molecule has 0 aliphatic carbocycles. The lowest BCUT2D eigenvalue weighted by molar-refractivity contribution is 0.320. The lowest BCUT2D eigenvalue weighted by atomic mass is 10.2. The highest BCUT2D eigenvalue weighted by Gasteiger charge is 2.28. The molecule has 2 rings (SSSR count). The van der Waals surface area contributed by atoms with Crippen LogP contribution < -0.4 is 15.4 Å². The fourth-order valence-electron chi connectivity index (χ4n) is 2.58. The van der Waals surface area contributed by atoms with Crippen LogP contribution in [0.1, 0.15) is 0 Å². The van der Waals surface area contributed by atoms with E-state index < -0.39 is 24.7 Å². The van der Waals surface area contributed by atoms with E-state index in [0.717, 1.165) is 18.8 Å². The maximum Gasteiger partial charge on any atom is 0.234 e. The molecule has 22 heavy (non-hydrogen) atoms. The third kappa shape index (κ3) is 4.37. The van der Waals surface area contributed by atoms with E-state index in [1.54, 1.807) is 18.2 Å². The number of benzene rings is 1. The number of hydrogen-bond donors (Lipinski definition) is 3. The average molecular weight is 344 g/mol. The van der Waals surface area contributed by atoms with E-state index in [-0.39, 0.29) is 5.75 Å². The molecule has 1 heterocycles. The van der Waals surface area contributed by atoms with Crippen molar-refractivity contribution in [2.24, 2.45) is 0 Å². The van der Waals surface area contributed by atoms with Gasteiger partial charge in [-0.05, 0) is 30.3 Å². The van der Waals surface area contributed by atoms with Gasteiger partial charge in [0.15, 0.2) is 0 Å². The number of rotatable bonds is 5. The standard InChI is InChI=1S/C14H25N3O3SSi/c1-22(2)9-5-17(6-10-22)14-11-12(3-4-13(14)15)16-21(19,20)8-7-18/h3-4,11,16,18H,5-10,15H2,1-2H3. The Morgan fingerprint density at radius 2 is 1.95 bits per heavy atom. The van der Waals surface area contributed by atoms with Crippen LogP contribution in [0.3, 0.4) is 0 Å². The number of hydrogen-bond acceptors (Lipinski definition) is 5. The third-order valence-electron chi connectivity index (χ3n) is 4.12. The molecular formula is C14H25N3O3SSi. The molecule has 1 aliphatic heterocycles. The molecule has 0 spiro atoms. The number of aliphatic hydroxyl groups is 1. The Kier molecular flexibility index (Phi) is 5.03. The number of nitrogen functional groups attached to an aromatic ring is 1. The first kappa shape index (κ1) is 17.1. The summed E-state index contributed by atoms with van der Waals surface area (Å²) in [4.78, 5) is 2.23. The summed E-state index contributed by atoms with van der Waals surface area (Å²) in [7, 11) is -4.58. The van der Waals surface area contributed by atoms with Crippen LogP contribution in [0.25, 0.3) is 0 Å². The molecule has 1 aromatic carbocycles. The van der Waals surface area contributed by atoms with Gasteiger partial charge in [0, 0.05) is 13.1 Å². The van der Waals surface area contributed by atoms with Crippen LogP contribution in [-0.2, 0) is 10.0 Å². The van der Waals surface area contributed by atoms with Crippen molar-refractivity contribution in [1.82, 2.24) is 0 Å². The van der Waals surface area contributed by atoms with Gasteiger partial charge in [-0.25, -0.2) is 8.42 Å². The van der Waals surface area contributed by atoms with Gasteiger partial charge in [0.25, 0.3) is 0 Å². The Morgan fingerprint density at radius 1 is 1.32 bits per heavy atom. The van der Waals surface area contributed by atoms with Gasteiger partial charge in [-0.1, -0.05) is 13.1 Å². The fourth-order valence-corrected chi connectivity index (χ4v) is 5.41. The molecule has 1 fully saturated rings. The highest BCUT2D eigenvalue weighted by molar-refractivity contribution is 7.92. The number of nitrogens with zero attached hydrogens (tertiary/aromatic N) is 1. The molecule has 1 saturated heterocycles. The lowest BCUT2D eigenvalue weighted by Gasteiger charge is -2.37. The van der Waals surface area contributed by atoms with Gasteiger partial charge in [0.05, 0.1) is 37.5 Å². The maximum atomic E-state index is 11.7. The summed E-state index contributed by atoms with van der Waals surface area (Å²) in [5.74, 6) is -0.309. The summed E-state index contributed by atoms with van der Waals surface area (Å²) in [6.07, 6.45) is 0. The zero-order chi connectivity index (χ0) is 16.4. The smallest absolute Gasteiger partial charge is 0.234 e. The molecule has 8 heteroatoms. The molecule has 0 unspecified atom stereocenters. The lowest BCUT2D eigenvalue weighted by Crippen LogP contribution is -2.43. The van der Waals surface area contributed by atoms with Gasteiger partial charge in [0.2, 0.25) is 10.0 Å². The van der Waals surface area contributed by atoms with Gasteiger partial charge in [-0.15, -0.1) is 0 Å². The SMILES string of the molecule is C[Si]1(C)CCN(c2cc(NS(=O)(=O)CCO)ccc2N)CC1. The second-order valence-corrected chi connectivity index (χ2v) is 13.7. The van der Waals surface area contributed by atoms with Crippen molar-refractivity contribution in [2.75, 3.05) is 40.8 Å². The number of nitrogens with two attached hydrogens (primary N) is 1. The first-order valence-electron chi connectivity index (χ1n) is 7.48. The molecular weight excluding hydrogens is 318 g/mol. The van der Waals surface area contributed by atoms with Gasteiger partial charge in [-0.2, -0.15) is 0 Å². The van der Waals surface area contributed by atoms with Crippen LogP contribution in [0.4, 0.5) is 17.1 Å². The zero-order valence-electron chi connectivity index (χ0n) is 13.2. The molecule has 4 N–H and O–H groups in total. The minimum Gasteiger partial charge on any atom is -0.397 e. The molecule has 1 aliphatic rings. The number of nitrogens with one attached hydrogen (secondary N) is 1. The topological polar surface area (TPSA) is 95.7 Å². The number of aliphatic hydroxyl groups excluding tert-OH is 1. The third-order valence-corrected chi connectivity index (χ3v) is 8.54. The summed E-state index contributed by atoms with van der Waals surface area (Å²) in [5.41, 5.74) is 8.09. The van der Waals surface area contributed by atoms with Crippen molar-refractivity contribution in [3.05, 3.63) is 18.2 Å². The predicted octanol–water partition coefficient (Wildman–Crippen LogP) is 1.53. The van der Waals surface area contributed by atoms with Crippen LogP contribution in [0, 0.1) is 0 Å². The van der Waals surface area contributed by atoms with Crippen LogP contribution >= 0.6 is 0 Å². The Hall–Kier alpha value is -1.25. The monoisotopic (exact) mass is 343 g/mol. The van der Waals surface area contributed by atoms with E-state index in [1.807, 2.05) is 0 Å². The second-order valence-electron chi connectivity index (χ2n) is 6.57. The number of anilines is 3. The van der Waals surface area contributed by atoms with Crippen LogP contribution in [-0.4, -0.2) is 47.0 Å². The quantitative estimate of drug-likeness (QED) is 0.557.